The highest BCUT2D eigenvalue weighted by Crippen LogP contribution is 2.22. The minimum absolute atomic E-state index is 0.171. The molecule has 5 nitrogen and oxygen atoms in total. The summed E-state index contributed by atoms with van der Waals surface area (Å²) in [4.78, 5) is 24.3. The van der Waals surface area contributed by atoms with Gasteiger partial charge in [-0.15, -0.1) is 0 Å². The molecule has 0 bridgehead atoms. The number of hydrogen-bond acceptors (Lipinski definition) is 4. The quantitative estimate of drug-likeness (QED) is 0.617. The standard InChI is InChI=1S/C23H21NO4/c1-17(18-9-4-2-5-10-18)24-22(25)16-27-23(26)19-11-8-14-21(15-19)28-20-12-6-3-7-13-20/h2-15,17H,16H2,1H3,(H,24,25). The third-order valence-corrected chi connectivity index (χ3v) is 4.06. The van der Waals surface area contributed by atoms with Crippen LogP contribution >= 0.6 is 0 Å². The van der Waals surface area contributed by atoms with Gasteiger partial charge in [0, 0.05) is 0 Å². The first-order chi connectivity index (χ1) is 13.6. The van der Waals surface area contributed by atoms with Crippen LogP contribution in [0.4, 0.5) is 0 Å². The average molecular weight is 375 g/mol. The zero-order valence-corrected chi connectivity index (χ0v) is 15.5. The summed E-state index contributed by atoms with van der Waals surface area (Å²) in [5.74, 6) is 0.243. The van der Waals surface area contributed by atoms with Crippen molar-refractivity contribution in [3.63, 3.8) is 0 Å². The molecule has 1 unspecified atom stereocenters. The van der Waals surface area contributed by atoms with Crippen LogP contribution in [-0.4, -0.2) is 18.5 Å². The maximum absolute atomic E-state index is 12.3. The van der Waals surface area contributed by atoms with Gasteiger partial charge in [-0.05, 0) is 42.8 Å². The van der Waals surface area contributed by atoms with Crippen LogP contribution in [0, 0.1) is 0 Å². The normalized spacial score (nSPS) is 11.3. The van der Waals surface area contributed by atoms with Crippen LogP contribution in [0.15, 0.2) is 84.9 Å². The Morgan fingerprint density at radius 1 is 0.857 bits per heavy atom. The Bertz CT molecular complexity index is 926. The summed E-state index contributed by atoms with van der Waals surface area (Å²) in [6.45, 7) is 1.53. The molecule has 0 aliphatic heterocycles. The Labute approximate surface area is 163 Å². The number of para-hydroxylation sites is 1. The molecule has 1 N–H and O–H groups in total. The Morgan fingerprint density at radius 3 is 2.21 bits per heavy atom. The number of amides is 1. The molecule has 0 saturated heterocycles. The Balaban J connectivity index is 1.53. The van der Waals surface area contributed by atoms with Gasteiger partial charge in [-0.25, -0.2) is 4.79 Å². The molecule has 3 rings (SSSR count). The van der Waals surface area contributed by atoms with E-state index in [-0.39, 0.29) is 18.6 Å². The summed E-state index contributed by atoms with van der Waals surface area (Å²) in [5, 5.41) is 2.81. The van der Waals surface area contributed by atoms with E-state index < -0.39 is 5.97 Å². The van der Waals surface area contributed by atoms with Gasteiger partial charge in [0.2, 0.25) is 0 Å². The van der Waals surface area contributed by atoms with E-state index in [1.165, 1.54) is 0 Å². The van der Waals surface area contributed by atoms with E-state index in [2.05, 4.69) is 5.32 Å². The predicted molar refractivity (Wildman–Crippen MR) is 106 cm³/mol. The molecular weight excluding hydrogens is 354 g/mol. The number of esters is 1. The smallest absolute Gasteiger partial charge is 0.338 e. The minimum atomic E-state index is -0.582. The van der Waals surface area contributed by atoms with Crippen molar-refractivity contribution in [1.29, 1.82) is 0 Å². The van der Waals surface area contributed by atoms with Gasteiger partial charge in [0.1, 0.15) is 11.5 Å². The fourth-order valence-electron chi connectivity index (χ4n) is 2.63. The summed E-state index contributed by atoms with van der Waals surface area (Å²) in [7, 11) is 0. The molecule has 0 aliphatic rings. The summed E-state index contributed by atoms with van der Waals surface area (Å²) in [6.07, 6.45) is 0. The van der Waals surface area contributed by atoms with Gasteiger partial charge < -0.3 is 14.8 Å². The number of carbonyl (C=O) groups excluding carboxylic acids is 2. The topological polar surface area (TPSA) is 64.6 Å². The molecule has 0 saturated carbocycles. The molecule has 28 heavy (non-hydrogen) atoms. The van der Waals surface area contributed by atoms with Crippen molar-refractivity contribution in [2.75, 3.05) is 6.61 Å². The van der Waals surface area contributed by atoms with Crippen molar-refractivity contribution in [2.45, 2.75) is 13.0 Å². The number of nitrogens with one attached hydrogen (secondary N) is 1. The van der Waals surface area contributed by atoms with Gasteiger partial charge >= 0.3 is 5.97 Å². The van der Waals surface area contributed by atoms with Crippen molar-refractivity contribution in [3.8, 4) is 11.5 Å². The molecule has 0 aliphatic carbocycles. The number of carbonyl (C=O) groups is 2. The molecule has 142 valence electrons. The van der Waals surface area contributed by atoms with Crippen LogP contribution in [0.3, 0.4) is 0 Å². The highest BCUT2D eigenvalue weighted by molar-refractivity contribution is 5.91. The van der Waals surface area contributed by atoms with Crippen LogP contribution in [0.2, 0.25) is 0 Å². The van der Waals surface area contributed by atoms with Gasteiger partial charge in [-0.3, -0.25) is 4.79 Å². The summed E-state index contributed by atoms with van der Waals surface area (Å²) < 4.78 is 10.8. The monoisotopic (exact) mass is 375 g/mol. The number of benzene rings is 3. The molecule has 0 heterocycles. The second-order valence-electron chi connectivity index (χ2n) is 6.22. The van der Waals surface area contributed by atoms with E-state index in [1.807, 2.05) is 67.6 Å². The lowest BCUT2D eigenvalue weighted by molar-refractivity contribution is -0.124. The summed E-state index contributed by atoms with van der Waals surface area (Å²) in [5.41, 5.74) is 1.30. The maximum atomic E-state index is 12.3. The molecule has 0 radical (unpaired) electrons. The largest absolute Gasteiger partial charge is 0.457 e. The van der Waals surface area contributed by atoms with Gasteiger partial charge in [-0.1, -0.05) is 54.6 Å². The SMILES string of the molecule is CC(NC(=O)COC(=O)c1cccc(Oc2ccccc2)c1)c1ccccc1. The highest BCUT2D eigenvalue weighted by Gasteiger charge is 2.13. The van der Waals surface area contributed by atoms with Gasteiger partial charge in [-0.2, -0.15) is 0 Å². The van der Waals surface area contributed by atoms with Crippen molar-refractivity contribution in [2.24, 2.45) is 0 Å². The third-order valence-electron chi connectivity index (χ3n) is 4.06. The first kappa shape index (κ1) is 19.2. The van der Waals surface area contributed by atoms with Gasteiger partial charge in [0.05, 0.1) is 11.6 Å². The van der Waals surface area contributed by atoms with E-state index in [9.17, 15) is 9.59 Å². The summed E-state index contributed by atoms with van der Waals surface area (Å²) >= 11 is 0. The number of rotatable bonds is 7. The molecule has 1 amide bonds. The predicted octanol–water partition coefficient (Wildman–Crippen LogP) is 4.51. The molecule has 1 atom stereocenters. The second kappa shape index (κ2) is 9.37. The Morgan fingerprint density at radius 2 is 1.50 bits per heavy atom. The van der Waals surface area contributed by atoms with E-state index >= 15 is 0 Å². The fourth-order valence-corrected chi connectivity index (χ4v) is 2.63. The first-order valence-electron chi connectivity index (χ1n) is 8.96. The molecule has 3 aromatic carbocycles. The zero-order valence-electron chi connectivity index (χ0n) is 15.5. The number of hydrogen-bond donors (Lipinski definition) is 1. The molecular formula is C23H21NO4. The van der Waals surface area contributed by atoms with Gasteiger partial charge in [0.25, 0.3) is 5.91 Å². The minimum Gasteiger partial charge on any atom is -0.457 e. The van der Waals surface area contributed by atoms with Crippen LogP contribution < -0.4 is 10.1 Å². The lowest BCUT2D eigenvalue weighted by Crippen LogP contribution is -2.31. The van der Waals surface area contributed by atoms with Crippen molar-refractivity contribution in [3.05, 3.63) is 96.1 Å². The van der Waals surface area contributed by atoms with Crippen molar-refractivity contribution >= 4 is 11.9 Å². The fraction of sp³-hybridized carbons (Fsp3) is 0.130. The van der Waals surface area contributed by atoms with E-state index in [0.29, 0.717) is 17.1 Å². The highest BCUT2D eigenvalue weighted by atomic mass is 16.5. The Kier molecular flexibility index (Phi) is 6.41. The lowest BCUT2D eigenvalue weighted by Gasteiger charge is -2.14. The Hall–Kier alpha value is -3.60. The van der Waals surface area contributed by atoms with E-state index in [1.54, 1.807) is 24.3 Å². The lowest BCUT2D eigenvalue weighted by atomic mass is 10.1. The van der Waals surface area contributed by atoms with Crippen molar-refractivity contribution in [1.82, 2.24) is 5.32 Å². The van der Waals surface area contributed by atoms with Crippen LogP contribution in [-0.2, 0) is 9.53 Å². The van der Waals surface area contributed by atoms with E-state index in [4.69, 9.17) is 9.47 Å². The zero-order chi connectivity index (χ0) is 19.8. The van der Waals surface area contributed by atoms with Crippen molar-refractivity contribution < 1.29 is 19.1 Å². The van der Waals surface area contributed by atoms with Crippen LogP contribution in [0.25, 0.3) is 0 Å². The van der Waals surface area contributed by atoms with Crippen LogP contribution in [0.1, 0.15) is 28.9 Å². The summed E-state index contributed by atoms with van der Waals surface area (Å²) in [6, 6.07) is 25.3. The third kappa shape index (κ3) is 5.45. The molecule has 5 heteroatoms. The molecule has 3 aromatic rings. The second-order valence-corrected chi connectivity index (χ2v) is 6.22. The van der Waals surface area contributed by atoms with Crippen LogP contribution in [0.5, 0.6) is 11.5 Å². The molecule has 0 fully saturated rings. The van der Waals surface area contributed by atoms with E-state index in [0.717, 1.165) is 5.56 Å². The molecule has 0 aromatic heterocycles. The molecule has 0 spiro atoms. The average Bonchev–Trinajstić information content (AvgIpc) is 2.73. The maximum Gasteiger partial charge on any atom is 0.338 e. The number of ether oxygens (including phenoxy) is 2. The first-order valence-corrected chi connectivity index (χ1v) is 8.96. The van der Waals surface area contributed by atoms with Gasteiger partial charge in [0.15, 0.2) is 6.61 Å².